The zero-order valence-electron chi connectivity index (χ0n) is 9.26. The van der Waals surface area contributed by atoms with Crippen molar-refractivity contribution in [1.82, 2.24) is 9.55 Å². The Hall–Kier alpha value is -1.07. The number of nitrogens with zero attached hydrogens (tertiary/aromatic N) is 2. The van der Waals surface area contributed by atoms with E-state index in [0.717, 1.165) is 5.69 Å². The first-order valence-corrected chi connectivity index (χ1v) is 6.06. The van der Waals surface area contributed by atoms with Gasteiger partial charge >= 0.3 is 0 Å². The molecule has 3 nitrogen and oxygen atoms in total. The van der Waals surface area contributed by atoms with Crippen molar-refractivity contribution in [3.8, 4) is 0 Å². The monoisotopic (exact) mass is 317 g/mol. The molecule has 2 aromatic rings. The molecule has 0 bridgehead atoms. The van der Waals surface area contributed by atoms with E-state index in [4.69, 9.17) is 11.6 Å². The van der Waals surface area contributed by atoms with Gasteiger partial charge in [0, 0.05) is 17.7 Å². The van der Waals surface area contributed by atoms with Gasteiger partial charge in [-0.2, -0.15) is 0 Å². The summed E-state index contributed by atoms with van der Waals surface area (Å²) in [4.78, 5) is 4.29. The molecule has 6 heteroatoms. The molecule has 0 aliphatic heterocycles. The number of halogens is 3. The molecule has 0 spiro atoms. The van der Waals surface area contributed by atoms with E-state index in [1.165, 1.54) is 12.1 Å². The quantitative estimate of drug-likeness (QED) is 0.906. The molecule has 1 heterocycles. The highest BCUT2D eigenvalue weighted by atomic mass is 79.9. The van der Waals surface area contributed by atoms with Crippen LogP contribution in [0.15, 0.2) is 22.8 Å². The number of imidazole rings is 1. The van der Waals surface area contributed by atoms with Crippen LogP contribution in [0.3, 0.4) is 0 Å². The Morgan fingerprint density at radius 2 is 2.18 bits per heavy atom. The van der Waals surface area contributed by atoms with Gasteiger partial charge in [-0.15, -0.1) is 0 Å². The summed E-state index contributed by atoms with van der Waals surface area (Å²) < 4.78 is 15.5. The molecule has 0 atom stereocenters. The van der Waals surface area contributed by atoms with E-state index in [0.29, 0.717) is 21.1 Å². The number of aromatic nitrogens is 2. The molecule has 0 aliphatic rings. The average molecular weight is 319 g/mol. The zero-order chi connectivity index (χ0) is 12.6. The third-order valence-electron chi connectivity index (χ3n) is 2.24. The van der Waals surface area contributed by atoms with Crippen LogP contribution in [0.25, 0.3) is 0 Å². The van der Waals surface area contributed by atoms with Gasteiger partial charge in [-0.25, -0.2) is 9.37 Å². The van der Waals surface area contributed by atoms with Gasteiger partial charge in [0.1, 0.15) is 5.82 Å². The van der Waals surface area contributed by atoms with Crippen LogP contribution in [-0.2, 0) is 7.05 Å². The topological polar surface area (TPSA) is 29.9 Å². The minimum absolute atomic E-state index is 0.303. The van der Waals surface area contributed by atoms with Crippen LogP contribution in [0.5, 0.6) is 0 Å². The summed E-state index contributed by atoms with van der Waals surface area (Å²) in [5.74, 6) is 0.264. The Labute approximate surface area is 112 Å². The van der Waals surface area contributed by atoms with Crippen molar-refractivity contribution in [3.63, 3.8) is 0 Å². The van der Waals surface area contributed by atoms with Crippen LogP contribution in [0.4, 0.5) is 16.0 Å². The molecule has 0 amide bonds. The second kappa shape index (κ2) is 4.66. The lowest BCUT2D eigenvalue weighted by Crippen LogP contribution is -2.00. The van der Waals surface area contributed by atoms with Crippen molar-refractivity contribution in [2.75, 3.05) is 5.32 Å². The van der Waals surface area contributed by atoms with Crippen molar-refractivity contribution in [1.29, 1.82) is 0 Å². The van der Waals surface area contributed by atoms with E-state index < -0.39 is 0 Å². The molecule has 1 aromatic heterocycles. The summed E-state index contributed by atoms with van der Waals surface area (Å²) in [5.41, 5.74) is 1.49. The number of rotatable bonds is 2. The summed E-state index contributed by atoms with van der Waals surface area (Å²) in [5, 5.41) is 3.37. The van der Waals surface area contributed by atoms with Gasteiger partial charge < -0.3 is 9.88 Å². The van der Waals surface area contributed by atoms with Gasteiger partial charge in [0.25, 0.3) is 0 Å². The average Bonchev–Trinajstić information content (AvgIpc) is 2.51. The molecule has 2 rings (SSSR count). The number of anilines is 2. The Bertz CT molecular complexity index is 545. The van der Waals surface area contributed by atoms with Gasteiger partial charge in [-0.05, 0) is 35.0 Å². The molecular weight excluding hydrogens is 308 g/mol. The number of benzene rings is 1. The summed E-state index contributed by atoms with van der Waals surface area (Å²) >= 11 is 9.24. The lowest BCUT2D eigenvalue weighted by atomic mass is 10.3. The Morgan fingerprint density at radius 1 is 1.47 bits per heavy atom. The van der Waals surface area contributed by atoms with Gasteiger partial charge in [-0.1, -0.05) is 11.6 Å². The summed E-state index contributed by atoms with van der Waals surface area (Å²) in [6, 6.07) is 2.61. The molecule has 0 aliphatic carbocycles. The van der Waals surface area contributed by atoms with Gasteiger partial charge in [0.2, 0.25) is 5.95 Å². The van der Waals surface area contributed by atoms with Crippen molar-refractivity contribution < 1.29 is 4.39 Å². The number of aryl methyl sites for hydroxylation is 2. The lowest BCUT2D eigenvalue weighted by molar-refractivity contribution is 0.627. The first kappa shape index (κ1) is 12.4. The maximum atomic E-state index is 13.1. The molecule has 0 saturated carbocycles. The molecule has 90 valence electrons. The minimum atomic E-state index is -0.386. The third-order valence-corrected chi connectivity index (χ3v) is 3.16. The fourth-order valence-electron chi connectivity index (χ4n) is 1.51. The Balaban J connectivity index is 2.39. The second-order valence-electron chi connectivity index (χ2n) is 3.69. The van der Waals surface area contributed by atoms with Crippen LogP contribution in [0, 0.1) is 12.7 Å². The fourth-order valence-corrected chi connectivity index (χ4v) is 2.40. The van der Waals surface area contributed by atoms with Crippen molar-refractivity contribution >= 4 is 39.2 Å². The van der Waals surface area contributed by atoms with Crippen LogP contribution in [-0.4, -0.2) is 9.55 Å². The zero-order valence-corrected chi connectivity index (χ0v) is 11.6. The van der Waals surface area contributed by atoms with Crippen LogP contribution in [0.2, 0.25) is 5.02 Å². The summed E-state index contributed by atoms with van der Waals surface area (Å²) in [6.07, 6.45) is 1.88. The maximum Gasteiger partial charge on any atom is 0.207 e. The van der Waals surface area contributed by atoms with Gasteiger partial charge in [0.15, 0.2) is 0 Å². The molecule has 0 unspecified atom stereocenters. The normalized spacial score (nSPS) is 10.6. The van der Waals surface area contributed by atoms with E-state index >= 15 is 0 Å². The van der Waals surface area contributed by atoms with E-state index in [2.05, 4.69) is 26.2 Å². The largest absolute Gasteiger partial charge is 0.323 e. The third kappa shape index (κ3) is 2.61. The first-order chi connectivity index (χ1) is 7.97. The molecule has 0 saturated heterocycles. The van der Waals surface area contributed by atoms with Crippen molar-refractivity contribution in [3.05, 3.63) is 39.3 Å². The van der Waals surface area contributed by atoms with Crippen molar-refractivity contribution in [2.24, 2.45) is 7.05 Å². The predicted molar refractivity (Wildman–Crippen MR) is 70.3 cm³/mol. The number of hydrogen-bond donors (Lipinski definition) is 1. The van der Waals surface area contributed by atoms with E-state index in [-0.39, 0.29) is 5.82 Å². The summed E-state index contributed by atoms with van der Waals surface area (Å²) in [6.45, 7) is 1.90. The highest BCUT2D eigenvalue weighted by molar-refractivity contribution is 9.10. The van der Waals surface area contributed by atoms with Crippen LogP contribution < -0.4 is 5.32 Å². The second-order valence-corrected chi connectivity index (χ2v) is 4.95. The molecule has 17 heavy (non-hydrogen) atoms. The smallest absolute Gasteiger partial charge is 0.207 e. The maximum absolute atomic E-state index is 13.1. The standard InChI is InChI=1S/C11H10BrClFN3/c1-6-5-17(2)11(15-6)16-10-8(12)3-7(14)4-9(10)13/h3-5H,1-2H3,(H,15,16). The molecular formula is C11H10BrClFN3. The minimum Gasteiger partial charge on any atom is -0.323 e. The number of hydrogen-bond acceptors (Lipinski definition) is 2. The van der Waals surface area contributed by atoms with Crippen molar-refractivity contribution in [2.45, 2.75) is 6.92 Å². The van der Waals surface area contributed by atoms with E-state index in [1.807, 2.05) is 24.7 Å². The lowest BCUT2D eigenvalue weighted by Gasteiger charge is -2.10. The Kier molecular flexibility index (Phi) is 3.40. The van der Waals surface area contributed by atoms with Gasteiger partial charge in [0.05, 0.1) is 16.4 Å². The van der Waals surface area contributed by atoms with E-state index in [9.17, 15) is 4.39 Å². The predicted octanol–water partition coefficient (Wildman–Crippen LogP) is 4.03. The Morgan fingerprint density at radius 3 is 2.71 bits per heavy atom. The highest BCUT2D eigenvalue weighted by Gasteiger charge is 2.11. The van der Waals surface area contributed by atoms with Crippen LogP contribution >= 0.6 is 27.5 Å². The number of nitrogens with one attached hydrogen (secondary N) is 1. The fraction of sp³-hybridized carbons (Fsp3) is 0.182. The van der Waals surface area contributed by atoms with Gasteiger partial charge in [-0.3, -0.25) is 0 Å². The molecule has 1 aromatic carbocycles. The van der Waals surface area contributed by atoms with E-state index in [1.54, 1.807) is 0 Å². The molecule has 0 fully saturated rings. The SMILES string of the molecule is Cc1cn(C)c(Nc2c(Cl)cc(F)cc2Br)n1. The first-order valence-electron chi connectivity index (χ1n) is 4.89. The molecule has 1 N–H and O–H groups in total. The van der Waals surface area contributed by atoms with Crippen LogP contribution in [0.1, 0.15) is 5.69 Å². The summed E-state index contributed by atoms with van der Waals surface area (Å²) in [7, 11) is 1.87. The molecule has 0 radical (unpaired) electrons. The highest BCUT2D eigenvalue weighted by Crippen LogP contribution is 2.33.